The van der Waals surface area contributed by atoms with Gasteiger partial charge in [0, 0.05) is 33.4 Å². The number of thiocarbonyl (C=S) groups is 1. The Kier molecular flexibility index (Phi) is 6.79. The SMILES string of the molecule is COCCCNC(=S)Nc1cc(S(=O)(=O)N2CCCC2)ccc1O. The maximum absolute atomic E-state index is 12.6. The molecule has 24 heavy (non-hydrogen) atoms. The van der Waals surface area contributed by atoms with Gasteiger partial charge in [-0.1, -0.05) is 0 Å². The Balaban J connectivity index is 2.07. The Bertz CT molecular complexity index is 673. The molecule has 0 atom stereocenters. The van der Waals surface area contributed by atoms with Gasteiger partial charge in [0.25, 0.3) is 0 Å². The lowest BCUT2D eigenvalue weighted by molar-refractivity contribution is 0.196. The first-order valence-electron chi connectivity index (χ1n) is 7.82. The van der Waals surface area contributed by atoms with Crippen molar-refractivity contribution in [3.63, 3.8) is 0 Å². The first-order chi connectivity index (χ1) is 11.4. The number of hydrogen-bond acceptors (Lipinski definition) is 5. The van der Waals surface area contributed by atoms with Crippen LogP contribution in [0.2, 0.25) is 0 Å². The van der Waals surface area contributed by atoms with Gasteiger partial charge in [0.2, 0.25) is 10.0 Å². The smallest absolute Gasteiger partial charge is 0.243 e. The Morgan fingerprint density at radius 3 is 2.75 bits per heavy atom. The van der Waals surface area contributed by atoms with Crippen molar-refractivity contribution in [2.75, 3.05) is 38.7 Å². The number of nitrogens with zero attached hydrogens (tertiary/aromatic N) is 1. The zero-order valence-corrected chi connectivity index (χ0v) is 15.3. The number of methoxy groups -OCH3 is 1. The van der Waals surface area contributed by atoms with Gasteiger partial charge in [-0.05, 0) is 49.7 Å². The molecule has 3 N–H and O–H groups in total. The third-order valence-corrected chi connectivity index (χ3v) is 5.87. The highest BCUT2D eigenvalue weighted by Crippen LogP contribution is 2.29. The molecule has 0 bridgehead atoms. The molecule has 1 heterocycles. The molecular formula is C15H23N3O4S2. The first-order valence-corrected chi connectivity index (χ1v) is 9.67. The van der Waals surface area contributed by atoms with Crippen LogP contribution >= 0.6 is 12.2 Å². The third-order valence-electron chi connectivity index (χ3n) is 3.73. The number of nitrogens with one attached hydrogen (secondary N) is 2. The van der Waals surface area contributed by atoms with Gasteiger partial charge in [0.05, 0.1) is 10.6 Å². The third kappa shape index (κ3) is 4.79. The lowest BCUT2D eigenvalue weighted by Gasteiger charge is -2.17. The lowest BCUT2D eigenvalue weighted by Crippen LogP contribution is -2.30. The Hall–Kier alpha value is -1.42. The monoisotopic (exact) mass is 373 g/mol. The van der Waals surface area contributed by atoms with Crippen molar-refractivity contribution in [2.24, 2.45) is 0 Å². The lowest BCUT2D eigenvalue weighted by atomic mass is 10.3. The summed E-state index contributed by atoms with van der Waals surface area (Å²) >= 11 is 5.16. The molecule has 0 amide bonds. The number of benzene rings is 1. The van der Waals surface area contributed by atoms with Crippen LogP contribution in [0.1, 0.15) is 19.3 Å². The van der Waals surface area contributed by atoms with Gasteiger partial charge in [0.1, 0.15) is 5.75 Å². The van der Waals surface area contributed by atoms with E-state index in [9.17, 15) is 13.5 Å². The molecule has 134 valence electrons. The number of rotatable bonds is 7. The number of aromatic hydroxyl groups is 1. The predicted octanol–water partition coefficient (Wildman–Crippen LogP) is 1.50. The van der Waals surface area contributed by atoms with E-state index in [2.05, 4.69) is 10.6 Å². The number of sulfonamides is 1. The predicted molar refractivity (Wildman–Crippen MR) is 96.8 cm³/mol. The van der Waals surface area contributed by atoms with Crippen molar-refractivity contribution in [1.29, 1.82) is 0 Å². The summed E-state index contributed by atoms with van der Waals surface area (Å²) in [6.07, 6.45) is 2.53. The van der Waals surface area contributed by atoms with Gasteiger partial charge in [-0.3, -0.25) is 0 Å². The highest BCUT2D eigenvalue weighted by Gasteiger charge is 2.27. The second-order valence-corrected chi connectivity index (χ2v) is 7.86. The van der Waals surface area contributed by atoms with Crippen molar-refractivity contribution in [2.45, 2.75) is 24.2 Å². The van der Waals surface area contributed by atoms with Crippen LogP contribution in [0.5, 0.6) is 5.75 Å². The zero-order valence-electron chi connectivity index (χ0n) is 13.6. The minimum atomic E-state index is -3.54. The molecule has 1 aromatic rings. The van der Waals surface area contributed by atoms with E-state index in [0.29, 0.717) is 31.4 Å². The topological polar surface area (TPSA) is 90.9 Å². The first kappa shape index (κ1) is 18.9. The number of anilines is 1. The van der Waals surface area contributed by atoms with E-state index in [0.717, 1.165) is 19.3 Å². The number of ether oxygens (including phenoxy) is 1. The van der Waals surface area contributed by atoms with Gasteiger partial charge in [0.15, 0.2) is 5.11 Å². The highest BCUT2D eigenvalue weighted by molar-refractivity contribution is 7.89. The molecule has 1 saturated heterocycles. The van der Waals surface area contributed by atoms with Gasteiger partial charge in [-0.2, -0.15) is 4.31 Å². The summed E-state index contributed by atoms with van der Waals surface area (Å²) in [4.78, 5) is 0.145. The molecule has 2 rings (SSSR count). The second kappa shape index (κ2) is 8.61. The Labute approximate surface area is 148 Å². The molecule has 0 spiro atoms. The maximum Gasteiger partial charge on any atom is 0.243 e. The van der Waals surface area contributed by atoms with Crippen LogP contribution in [0, 0.1) is 0 Å². The van der Waals surface area contributed by atoms with Gasteiger partial charge in [-0.15, -0.1) is 0 Å². The van der Waals surface area contributed by atoms with Crippen molar-refractivity contribution in [3.8, 4) is 5.75 Å². The molecule has 0 aliphatic carbocycles. The largest absolute Gasteiger partial charge is 0.506 e. The molecule has 7 nitrogen and oxygen atoms in total. The molecule has 9 heteroatoms. The van der Waals surface area contributed by atoms with E-state index < -0.39 is 10.0 Å². The van der Waals surface area contributed by atoms with Crippen LogP contribution in [0.4, 0.5) is 5.69 Å². The van der Waals surface area contributed by atoms with Crippen LogP contribution in [-0.4, -0.2) is 56.3 Å². The van der Waals surface area contributed by atoms with Crippen LogP contribution in [0.15, 0.2) is 23.1 Å². The summed E-state index contributed by atoms with van der Waals surface area (Å²) in [5.41, 5.74) is 0.263. The molecule has 1 aromatic carbocycles. The zero-order chi connectivity index (χ0) is 17.6. The van der Waals surface area contributed by atoms with Crippen LogP contribution < -0.4 is 10.6 Å². The molecular weight excluding hydrogens is 350 g/mol. The summed E-state index contributed by atoms with van der Waals surface area (Å²) in [5, 5.41) is 16.1. The molecule has 0 aromatic heterocycles. The number of phenols is 1. The quantitative estimate of drug-likeness (QED) is 0.379. The minimum Gasteiger partial charge on any atom is -0.506 e. The Morgan fingerprint density at radius 2 is 2.08 bits per heavy atom. The molecule has 1 aliphatic heterocycles. The fourth-order valence-electron chi connectivity index (χ4n) is 2.44. The van der Waals surface area contributed by atoms with Crippen LogP contribution in [0.3, 0.4) is 0 Å². The minimum absolute atomic E-state index is 0.0589. The summed E-state index contributed by atoms with van der Waals surface area (Å²) < 4.78 is 31.6. The van der Waals surface area contributed by atoms with E-state index in [1.807, 2.05) is 0 Å². The van der Waals surface area contributed by atoms with E-state index >= 15 is 0 Å². The van der Waals surface area contributed by atoms with Crippen molar-refractivity contribution < 1.29 is 18.3 Å². The molecule has 0 saturated carbocycles. The normalized spacial score (nSPS) is 15.4. The highest BCUT2D eigenvalue weighted by atomic mass is 32.2. The molecule has 1 fully saturated rings. The molecule has 0 radical (unpaired) electrons. The average molecular weight is 374 g/mol. The van der Waals surface area contributed by atoms with Gasteiger partial charge < -0.3 is 20.5 Å². The van der Waals surface area contributed by atoms with Crippen LogP contribution in [0.25, 0.3) is 0 Å². The average Bonchev–Trinajstić information content (AvgIpc) is 3.09. The summed E-state index contributed by atoms with van der Waals surface area (Å²) in [5.74, 6) is -0.0589. The standard InChI is InChI=1S/C15H23N3O4S2/c1-22-10-4-7-16-15(23)17-13-11-12(5-6-14(13)19)24(20,21)18-8-2-3-9-18/h5-6,11,19H,2-4,7-10H2,1H3,(H2,16,17,23). The number of hydrogen-bond donors (Lipinski definition) is 3. The fourth-order valence-corrected chi connectivity index (χ4v) is 4.19. The van der Waals surface area contributed by atoms with Gasteiger partial charge >= 0.3 is 0 Å². The summed E-state index contributed by atoms with van der Waals surface area (Å²) in [6, 6.07) is 4.17. The van der Waals surface area contributed by atoms with Crippen molar-refractivity contribution in [1.82, 2.24) is 9.62 Å². The van der Waals surface area contributed by atoms with Gasteiger partial charge in [-0.25, -0.2) is 8.42 Å². The van der Waals surface area contributed by atoms with Crippen LogP contribution in [-0.2, 0) is 14.8 Å². The van der Waals surface area contributed by atoms with Crippen molar-refractivity contribution in [3.05, 3.63) is 18.2 Å². The fraction of sp³-hybridized carbons (Fsp3) is 0.533. The summed E-state index contributed by atoms with van der Waals surface area (Å²) in [6.45, 7) is 2.30. The second-order valence-electron chi connectivity index (χ2n) is 5.52. The van der Waals surface area contributed by atoms with E-state index in [4.69, 9.17) is 17.0 Å². The van der Waals surface area contributed by atoms with E-state index in [-0.39, 0.29) is 16.3 Å². The molecule has 0 unspecified atom stereocenters. The Morgan fingerprint density at radius 1 is 1.38 bits per heavy atom. The molecule has 1 aliphatic rings. The van der Waals surface area contributed by atoms with E-state index in [1.54, 1.807) is 7.11 Å². The van der Waals surface area contributed by atoms with E-state index in [1.165, 1.54) is 22.5 Å². The summed E-state index contributed by atoms with van der Waals surface area (Å²) in [7, 11) is -1.91. The maximum atomic E-state index is 12.6. The van der Waals surface area contributed by atoms with Crippen molar-refractivity contribution >= 4 is 33.0 Å². The number of phenolic OH excluding ortho intramolecular Hbond substituents is 1.